The van der Waals surface area contributed by atoms with Crippen LogP contribution in [0.25, 0.3) is 5.69 Å². The van der Waals surface area contributed by atoms with Crippen molar-refractivity contribution < 1.29 is 14.0 Å². The summed E-state index contributed by atoms with van der Waals surface area (Å²) >= 11 is 0. The molecule has 0 aliphatic rings. The first-order valence-corrected chi connectivity index (χ1v) is 9.90. The van der Waals surface area contributed by atoms with Gasteiger partial charge in [0.2, 0.25) is 5.91 Å². The van der Waals surface area contributed by atoms with Gasteiger partial charge in [0, 0.05) is 18.2 Å². The van der Waals surface area contributed by atoms with E-state index >= 15 is 0 Å². The largest absolute Gasteiger partial charge is 0.348 e. The van der Waals surface area contributed by atoms with E-state index in [1.165, 1.54) is 18.3 Å². The van der Waals surface area contributed by atoms with E-state index in [2.05, 4.69) is 15.7 Å². The summed E-state index contributed by atoms with van der Waals surface area (Å²) in [6.07, 6.45) is 2.12. The molecule has 2 amide bonds. The summed E-state index contributed by atoms with van der Waals surface area (Å²) in [6.45, 7) is 5.91. The molecule has 0 unspecified atom stereocenters. The van der Waals surface area contributed by atoms with Gasteiger partial charge in [0.1, 0.15) is 5.82 Å². The molecule has 156 valence electrons. The van der Waals surface area contributed by atoms with E-state index in [1.807, 2.05) is 45.0 Å². The summed E-state index contributed by atoms with van der Waals surface area (Å²) in [5.41, 5.74) is 3.48. The number of aromatic nitrogens is 2. The first-order chi connectivity index (χ1) is 14.4. The van der Waals surface area contributed by atoms with Gasteiger partial charge in [-0.25, -0.2) is 9.07 Å². The Morgan fingerprint density at radius 3 is 2.53 bits per heavy atom. The van der Waals surface area contributed by atoms with Crippen molar-refractivity contribution in [2.24, 2.45) is 5.92 Å². The van der Waals surface area contributed by atoms with Crippen LogP contribution in [0.2, 0.25) is 0 Å². The minimum absolute atomic E-state index is 0.0584. The number of hydrogen-bond acceptors (Lipinski definition) is 3. The van der Waals surface area contributed by atoms with Crippen LogP contribution in [0.4, 0.5) is 10.1 Å². The Hall–Kier alpha value is -3.48. The van der Waals surface area contributed by atoms with Gasteiger partial charge >= 0.3 is 0 Å². The number of amides is 2. The van der Waals surface area contributed by atoms with E-state index in [1.54, 1.807) is 16.8 Å². The maximum absolute atomic E-state index is 13.2. The molecule has 0 radical (unpaired) electrons. The second kappa shape index (κ2) is 9.35. The molecule has 0 atom stereocenters. The van der Waals surface area contributed by atoms with Gasteiger partial charge in [0.15, 0.2) is 0 Å². The van der Waals surface area contributed by atoms with Crippen LogP contribution in [-0.2, 0) is 17.8 Å². The monoisotopic (exact) mass is 408 g/mol. The summed E-state index contributed by atoms with van der Waals surface area (Å²) in [4.78, 5) is 24.6. The molecule has 0 aliphatic carbocycles. The Kier molecular flexibility index (Phi) is 6.61. The van der Waals surface area contributed by atoms with Crippen LogP contribution in [0.3, 0.4) is 0 Å². The SMILES string of the molecule is CCc1c(C(=O)NCc2cccc(NC(=O)C(C)C)c2)cnn1-c1ccc(F)cc1. The highest BCUT2D eigenvalue weighted by Crippen LogP contribution is 2.17. The lowest BCUT2D eigenvalue weighted by Gasteiger charge is -2.11. The van der Waals surface area contributed by atoms with Crippen molar-refractivity contribution in [1.82, 2.24) is 15.1 Å². The van der Waals surface area contributed by atoms with E-state index in [0.29, 0.717) is 29.9 Å². The number of carbonyl (C=O) groups excluding carboxylic acids is 2. The van der Waals surface area contributed by atoms with Gasteiger partial charge in [-0.3, -0.25) is 9.59 Å². The number of carbonyl (C=O) groups is 2. The topological polar surface area (TPSA) is 76.0 Å². The normalized spacial score (nSPS) is 10.8. The van der Waals surface area contributed by atoms with Crippen LogP contribution in [0, 0.1) is 11.7 Å². The molecule has 0 bridgehead atoms. The summed E-state index contributed by atoms with van der Waals surface area (Å²) in [7, 11) is 0. The molecule has 0 saturated heterocycles. The Morgan fingerprint density at radius 2 is 1.87 bits per heavy atom. The van der Waals surface area contributed by atoms with Crippen molar-refractivity contribution in [3.8, 4) is 5.69 Å². The number of nitrogens with zero attached hydrogens (tertiary/aromatic N) is 2. The van der Waals surface area contributed by atoms with Gasteiger partial charge in [-0.2, -0.15) is 5.10 Å². The highest BCUT2D eigenvalue weighted by molar-refractivity contribution is 5.95. The Bertz CT molecular complexity index is 1040. The first kappa shape index (κ1) is 21.2. The van der Waals surface area contributed by atoms with Crippen LogP contribution in [0.5, 0.6) is 0 Å². The van der Waals surface area contributed by atoms with Crippen LogP contribution < -0.4 is 10.6 Å². The standard InChI is InChI=1S/C23H25FN4O2/c1-4-21-20(14-26-28(21)19-10-8-17(24)9-11-19)23(30)25-13-16-6-5-7-18(12-16)27-22(29)15(2)3/h5-12,14-15H,4,13H2,1-3H3,(H,25,30)(H,27,29). The van der Waals surface area contributed by atoms with Gasteiger partial charge in [-0.15, -0.1) is 0 Å². The number of benzene rings is 2. The predicted molar refractivity (Wildman–Crippen MR) is 114 cm³/mol. The molecule has 1 heterocycles. The number of rotatable bonds is 7. The average molecular weight is 408 g/mol. The first-order valence-electron chi connectivity index (χ1n) is 9.90. The second-order valence-electron chi connectivity index (χ2n) is 7.27. The maximum Gasteiger partial charge on any atom is 0.255 e. The van der Waals surface area contributed by atoms with Gasteiger partial charge < -0.3 is 10.6 Å². The molecule has 0 fully saturated rings. The molecule has 3 rings (SSSR count). The minimum Gasteiger partial charge on any atom is -0.348 e. The maximum atomic E-state index is 13.2. The third-order valence-corrected chi connectivity index (χ3v) is 4.69. The molecule has 3 aromatic rings. The molecule has 2 N–H and O–H groups in total. The average Bonchev–Trinajstić information content (AvgIpc) is 3.17. The third kappa shape index (κ3) is 4.92. The zero-order chi connectivity index (χ0) is 21.7. The van der Waals surface area contributed by atoms with E-state index in [0.717, 1.165) is 11.3 Å². The van der Waals surface area contributed by atoms with Crippen molar-refractivity contribution in [2.45, 2.75) is 33.7 Å². The molecule has 2 aromatic carbocycles. The van der Waals surface area contributed by atoms with E-state index < -0.39 is 0 Å². The van der Waals surface area contributed by atoms with Crippen molar-refractivity contribution in [3.63, 3.8) is 0 Å². The molecule has 0 saturated carbocycles. The van der Waals surface area contributed by atoms with E-state index in [-0.39, 0.29) is 23.5 Å². The molecular weight excluding hydrogens is 383 g/mol. The van der Waals surface area contributed by atoms with Crippen LogP contribution in [-0.4, -0.2) is 21.6 Å². The van der Waals surface area contributed by atoms with Crippen LogP contribution in [0.1, 0.15) is 42.4 Å². The van der Waals surface area contributed by atoms with Crippen LogP contribution >= 0.6 is 0 Å². The number of halogens is 1. The molecule has 0 aliphatic heterocycles. The lowest BCUT2D eigenvalue weighted by molar-refractivity contribution is -0.118. The summed E-state index contributed by atoms with van der Waals surface area (Å²) < 4.78 is 14.8. The molecule has 6 nitrogen and oxygen atoms in total. The fraction of sp³-hybridized carbons (Fsp3) is 0.261. The zero-order valence-corrected chi connectivity index (χ0v) is 17.3. The lowest BCUT2D eigenvalue weighted by Crippen LogP contribution is -2.24. The molecule has 0 spiro atoms. The van der Waals surface area contributed by atoms with Gasteiger partial charge in [0.05, 0.1) is 23.1 Å². The molecule has 30 heavy (non-hydrogen) atoms. The zero-order valence-electron chi connectivity index (χ0n) is 17.3. The van der Waals surface area contributed by atoms with Crippen molar-refractivity contribution >= 4 is 17.5 Å². The fourth-order valence-corrected chi connectivity index (χ4v) is 3.03. The number of nitrogens with one attached hydrogen (secondary N) is 2. The summed E-state index contributed by atoms with van der Waals surface area (Å²) in [5, 5.41) is 10.1. The Labute approximate surface area is 175 Å². The third-order valence-electron chi connectivity index (χ3n) is 4.69. The summed E-state index contributed by atoms with van der Waals surface area (Å²) in [5.74, 6) is -0.735. The van der Waals surface area contributed by atoms with Crippen molar-refractivity contribution in [2.75, 3.05) is 5.32 Å². The smallest absolute Gasteiger partial charge is 0.255 e. The quantitative estimate of drug-likeness (QED) is 0.618. The second-order valence-corrected chi connectivity index (χ2v) is 7.27. The minimum atomic E-state index is -0.325. The van der Waals surface area contributed by atoms with Crippen LogP contribution in [0.15, 0.2) is 54.7 Å². The fourth-order valence-electron chi connectivity index (χ4n) is 3.03. The highest BCUT2D eigenvalue weighted by atomic mass is 19.1. The predicted octanol–water partition coefficient (Wildman–Crippen LogP) is 4.10. The van der Waals surface area contributed by atoms with Gasteiger partial charge in [0.25, 0.3) is 5.91 Å². The summed E-state index contributed by atoms with van der Waals surface area (Å²) in [6, 6.07) is 13.3. The van der Waals surface area contributed by atoms with E-state index in [9.17, 15) is 14.0 Å². The Morgan fingerprint density at radius 1 is 1.13 bits per heavy atom. The van der Waals surface area contributed by atoms with Crippen molar-refractivity contribution in [1.29, 1.82) is 0 Å². The molecule has 1 aromatic heterocycles. The number of anilines is 1. The van der Waals surface area contributed by atoms with Crippen molar-refractivity contribution in [3.05, 3.63) is 77.4 Å². The Balaban J connectivity index is 1.71. The highest BCUT2D eigenvalue weighted by Gasteiger charge is 2.17. The lowest BCUT2D eigenvalue weighted by atomic mass is 10.1. The molecule has 7 heteroatoms. The number of hydrogen-bond donors (Lipinski definition) is 2. The van der Waals surface area contributed by atoms with Gasteiger partial charge in [-0.05, 0) is 48.4 Å². The molecular formula is C23H25FN4O2. The van der Waals surface area contributed by atoms with Gasteiger partial charge in [-0.1, -0.05) is 32.9 Å². The van der Waals surface area contributed by atoms with E-state index in [4.69, 9.17) is 0 Å².